The zero-order valence-electron chi connectivity index (χ0n) is 17.3. The summed E-state index contributed by atoms with van der Waals surface area (Å²) >= 11 is 12.4. The van der Waals surface area contributed by atoms with Crippen molar-refractivity contribution in [3.8, 4) is 11.5 Å². The summed E-state index contributed by atoms with van der Waals surface area (Å²) in [7, 11) is 1.59. The number of benzene rings is 3. The Bertz CT molecular complexity index is 1020. The molecule has 3 aromatic carbocycles. The Morgan fingerprint density at radius 1 is 0.968 bits per heavy atom. The quantitative estimate of drug-likeness (QED) is 0.376. The monoisotopic (exact) mass is 459 g/mol. The third-order valence-corrected chi connectivity index (χ3v) is 5.12. The number of nitrogens with one attached hydrogen (secondary N) is 1. The van der Waals surface area contributed by atoms with E-state index in [-0.39, 0.29) is 5.97 Å². The van der Waals surface area contributed by atoms with E-state index < -0.39 is 0 Å². The number of rotatable bonds is 9. The standard InChI is InChI=1S/C24H23Cl2NO4/c1-3-30-24(28)17-6-10-20(11-7-17)27-14-18-12-22(29-2)23(13-21(18)26)31-15-16-4-8-19(25)9-5-16/h4-13,27H,3,14-15H2,1-2H3. The summed E-state index contributed by atoms with van der Waals surface area (Å²) < 4.78 is 16.4. The fraction of sp³-hybridized carbons (Fsp3) is 0.208. The number of methoxy groups -OCH3 is 1. The molecule has 3 rings (SSSR count). The Balaban J connectivity index is 1.65. The molecule has 0 aliphatic rings. The summed E-state index contributed by atoms with van der Waals surface area (Å²) in [5.74, 6) is 0.814. The molecule has 0 aliphatic heterocycles. The molecule has 31 heavy (non-hydrogen) atoms. The first kappa shape index (κ1) is 22.8. The number of halogens is 2. The minimum absolute atomic E-state index is 0.337. The lowest BCUT2D eigenvalue weighted by molar-refractivity contribution is 0.0526. The van der Waals surface area contributed by atoms with Crippen LogP contribution >= 0.6 is 23.2 Å². The molecule has 0 saturated heterocycles. The van der Waals surface area contributed by atoms with E-state index in [4.69, 9.17) is 37.4 Å². The maximum Gasteiger partial charge on any atom is 0.338 e. The average Bonchev–Trinajstić information content (AvgIpc) is 2.78. The van der Waals surface area contributed by atoms with Gasteiger partial charge in [-0.25, -0.2) is 4.79 Å². The molecule has 5 nitrogen and oxygen atoms in total. The fourth-order valence-corrected chi connectivity index (χ4v) is 3.21. The first-order chi connectivity index (χ1) is 15.0. The summed E-state index contributed by atoms with van der Waals surface area (Å²) in [4.78, 5) is 11.7. The van der Waals surface area contributed by atoms with Gasteiger partial charge in [0.1, 0.15) is 6.61 Å². The van der Waals surface area contributed by atoms with Crippen molar-refractivity contribution in [1.82, 2.24) is 0 Å². The Morgan fingerprint density at radius 3 is 2.32 bits per heavy atom. The van der Waals surface area contributed by atoms with Gasteiger partial charge in [0, 0.05) is 28.3 Å². The molecule has 0 unspecified atom stereocenters. The van der Waals surface area contributed by atoms with Gasteiger partial charge in [-0.05, 0) is 60.5 Å². The van der Waals surface area contributed by atoms with Crippen LogP contribution in [0, 0.1) is 0 Å². The van der Waals surface area contributed by atoms with Gasteiger partial charge >= 0.3 is 5.97 Å². The van der Waals surface area contributed by atoms with Gasteiger partial charge in [0.25, 0.3) is 0 Å². The van der Waals surface area contributed by atoms with Crippen molar-refractivity contribution in [1.29, 1.82) is 0 Å². The zero-order chi connectivity index (χ0) is 22.2. The molecular weight excluding hydrogens is 437 g/mol. The summed E-state index contributed by atoms with van der Waals surface area (Å²) in [6.45, 7) is 2.97. The number of anilines is 1. The smallest absolute Gasteiger partial charge is 0.338 e. The molecule has 0 heterocycles. The molecule has 0 saturated carbocycles. The first-order valence-corrected chi connectivity index (χ1v) is 10.5. The summed E-state index contributed by atoms with van der Waals surface area (Å²) in [6.07, 6.45) is 0. The molecule has 3 aromatic rings. The number of hydrogen-bond donors (Lipinski definition) is 1. The highest BCUT2D eigenvalue weighted by Crippen LogP contribution is 2.34. The first-order valence-electron chi connectivity index (χ1n) is 9.75. The molecule has 0 amide bonds. The number of esters is 1. The molecule has 0 bridgehead atoms. The van der Waals surface area contributed by atoms with Gasteiger partial charge in [0.2, 0.25) is 0 Å². The molecule has 0 radical (unpaired) electrons. The number of hydrogen-bond acceptors (Lipinski definition) is 5. The maximum atomic E-state index is 11.7. The van der Waals surface area contributed by atoms with Crippen LogP contribution in [0.3, 0.4) is 0 Å². The predicted molar refractivity (Wildman–Crippen MR) is 124 cm³/mol. The van der Waals surface area contributed by atoms with Gasteiger partial charge < -0.3 is 19.5 Å². The lowest BCUT2D eigenvalue weighted by Gasteiger charge is -2.15. The topological polar surface area (TPSA) is 56.8 Å². The lowest BCUT2D eigenvalue weighted by atomic mass is 10.1. The van der Waals surface area contributed by atoms with E-state index in [0.29, 0.717) is 46.9 Å². The third kappa shape index (κ3) is 6.29. The maximum absolute atomic E-state index is 11.7. The molecule has 0 atom stereocenters. The second kappa shape index (κ2) is 10.9. The normalized spacial score (nSPS) is 10.5. The van der Waals surface area contributed by atoms with E-state index in [0.717, 1.165) is 16.8 Å². The molecule has 7 heteroatoms. The number of carbonyl (C=O) groups excluding carboxylic acids is 1. The van der Waals surface area contributed by atoms with E-state index in [1.165, 1.54) is 0 Å². The van der Waals surface area contributed by atoms with E-state index in [1.807, 2.05) is 42.5 Å². The van der Waals surface area contributed by atoms with Gasteiger partial charge in [-0.3, -0.25) is 0 Å². The predicted octanol–water partition coefficient (Wildman–Crippen LogP) is 6.37. The minimum Gasteiger partial charge on any atom is -0.493 e. The largest absolute Gasteiger partial charge is 0.493 e. The number of carbonyl (C=O) groups is 1. The van der Waals surface area contributed by atoms with Crippen molar-refractivity contribution in [2.45, 2.75) is 20.1 Å². The summed E-state index contributed by atoms with van der Waals surface area (Å²) in [6, 6.07) is 18.1. The van der Waals surface area contributed by atoms with E-state index >= 15 is 0 Å². The van der Waals surface area contributed by atoms with Crippen LogP contribution in [0.5, 0.6) is 11.5 Å². The van der Waals surface area contributed by atoms with Gasteiger partial charge in [-0.15, -0.1) is 0 Å². The Hall–Kier alpha value is -2.89. The fourth-order valence-electron chi connectivity index (χ4n) is 2.86. The van der Waals surface area contributed by atoms with E-state index in [2.05, 4.69) is 5.32 Å². The van der Waals surface area contributed by atoms with E-state index in [9.17, 15) is 4.79 Å². The van der Waals surface area contributed by atoms with E-state index in [1.54, 1.807) is 32.2 Å². The highest BCUT2D eigenvalue weighted by atomic mass is 35.5. The van der Waals surface area contributed by atoms with Crippen molar-refractivity contribution in [2.24, 2.45) is 0 Å². The van der Waals surface area contributed by atoms with Gasteiger partial charge in [0.05, 0.1) is 19.3 Å². The van der Waals surface area contributed by atoms with Crippen LogP contribution in [0.1, 0.15) is 28.4 Å². The molecule has 0 aromatic heterocycles. The Kier molecular flexibility index (Phi) is 8.04. The molecule has 0 spiro atoms. The van der Waals surface area contributed by atoms with Crippen LogP contribution in [0.2, 0.25) is 10.0 Å². The summed E-state index contributed by atoms with van der Waals surface area (Å²) in [5, 5.41) is 4.52. The van der Waals surface area contributed by atoms with Crippen LogP contribution in [0.15, 0.2) is 60.7 Å². The minimum atomic E-state index is -0.337. The lowest BCUT2D eigenvalue weighted by Crippen LogP contribution is -2.05. The SMILES string of the molecule is CCOC(=O)c1ccc(NCc2cc(OC)c(OCc3ccc(Cl)cc3)cc2Cl)cc1. The van der Waals surface area contributed by atoms with Crippen LogP contribution in [-0.4, -0.2) is 19.7 Å². The van der Waals surface area contributed by atoms with Crippen molar-refractivity contribution in [3.05, 3.63) is 87.4 Å². The van der Waals surface area contributed by atoms with Crippen LogP contribution in [0.25, 0.3) is 0 Å². The van der Waals surface area contributed by atoms with Gasteiger partial charge in [0.15, 0.2) is 11.5 Å². The van der Waals surface area contributed by atoms with Gasteiger partial charge in [-0.2, -0.15) is 0 Å². The average molecular weight is 460 g/mol. The Labute approximate surface area is 191 Å². The molecule has 1 N–H and O–H groups in total. The van der Waals surface area contributed by atoms with Crippen molar-refractivity contribution in [2.75, 3.05) is 19.0 Å². The van der Waals surface area contributed by atoms with Crippen LogP contribution in [-0.2, 0) is 17.9 Å². The van der Waals surface area contributed by atoms with Crippen LogP contribution in [0.4, 0.5) is 5.69 Å². The van der Waals surface area contributed by atoms with Crippen molar-refractivity contribution < 1.29 is 19.0 Å². The second-order valence-electron chi connectivity index (χ2n) is 6.66. The molecular formula is C24H23Cl2NO4. The zero-order valence-corrected chi connectivity index (χ0v) is 18.8. The molecule has 0 aliphatic carbocycles. The van der Waals surface area contributed by atoms with Crippen molar-refractivity contribution >= 4 is 34.9 Å². The summed E-state index contributed by atoms with van der Waals surface area (Å²) in [5.41, 5.74) is 3.20. The van der Waals surface area contributed by atoms with Crippen molar-refractivity contribution in [3.63, 3.8) is 0 Å². The van der Waals surface area contributed by atoms with Crippen LogP contribution < -0.4 is 14.8 Å². The highest BCUT2D eigenvalue weighted by Gasteiger charge is 2.12. The highest BCUT2D eigenvalue weighted by molar-refractivity contribution is 6.31. The molecule has 162 valence electrons. The second-order valence-corrected chi connectivity index (χ2v) is 7.50. The van der Waals surface area contributed by atoms with Gasteiger partial charge in [-0.1, -0.05) is 35.3 Å². The molecule has 0 fully saturated rings. The Morgan fingerprint density at radius 2 is 1.68 bits per heavy atom. The third-order valence-electron chi connectivity index (χ3n) is 4.52. The number of ether oxygens (including phenoxy) is 3.